The lowest BCUT2D eigenvalue weighted by Gasteiger charge is -2.41. The van der Waals surface area contributed by atoms with Gasteiger partial charge in [0.1, 0.15) is 6.04 Å². The molecule has 31 heavy (non-hydrogen) atoms. The molecule has 6 nitrogen and oxygen atoms in total. The molecule has 1 amide bonds. The van der Waals surface area contributed by atoms with Gasteiger partial charge in [-0.25, -0.2) is 4.98 Å². The van der Waals surface area contributed by atoms with Gasteiger partial charge in [0.25, 0.3) is 0 Å². The highest BCUT2D eigenvalue weighted by molar-refractivity contribution is 5.84. The predicted octanol–water partition coefficient (Wildman–Crippen LogP) is 2.87. The van der Waals surface area contributed by atoms with E-state index in [1.165, 1.54) is 11.3 Å². The highest BCUT2D eigenvalue weighted by atomic mass is 16.2. The number of piperazine rings is 1. The number of benzene rings is 2. The van der Waals surface area contributed by atoms with Crippen molar-refractivity contribution in [1.82, 2.24) is 19.4 Å². The number of anilines is 1. The fourth-order valence-corrected chi connectivity index (χ4v) is 4.84. The fourth-order valence-electron chi connectivity index (χ4n) is 4.84. The van der Waals surface area contributed by atoms with E-state index < -0.39 is 0 Å². The van der Waals surface area contributed by atoms with Crippen molar-refractivity contribution in [1.29, 1.82) is 0 Å². The molecule has 0 bridgehead atoms. The van der Waals surface area contributed by atoms with Gasteiger partial charge >= 0.3 is 0 Å². The van der Waals surface area contributed by atoms with Crippen LogP contribution in [-0.2, 0) is 24.8 Å². The Morgan fingerprint density at radius 3 is 2.32 bits per heavy atom. The lowest BCUT2D eigenvalue weighted by molar-refractivity contribution is -0.138. The van der Waals surface area contributed by atoms with Crippen LogP contribution in [0.3, 0.4) is 0 Å². The van der Waals surface area contributed by atoms with Gasteiger partial charge in [0, 0.05) is 58.4 Å². The summed E-state index contributed by atoms with van der Waals surface area (Å²) in [6, 6.07) is 20.6. The van der Waals surface area contributed by atoms with Crippen LogP contribution >= 0.6 is 0 Å². The Morgan fingerprint density at radius 2 is 1.61 bits per heavy atom. The maximum atomic E-state index is 13.8. The molecule has 0 aliphatic carbocycles. The van der Waals surface area contributed by atoms with Gasteiger partial charge in [0.15, 0.2) is 0 Å². The number of nitrogens with zero attached hydrogens (tertiary/aromatic N) is 5. The van der Waals surface area contributed by atoms with Crippen LogP contribution < -0.4 is 4.90 Å². The summed E-state index contributed by atoms with van der Waals surface area (Å²) in [5, 5.41) is 0. The van der Waals surface area contributed by atoms with Gasteiger partial charge in [0.05, 0.1) is 17.7 Å². The third-order valence-electron chi connectivity index (χ3n) is 6.50. The van der Waals surface area contributed by atoms with Crippen molar-refractivity contribution in [2.24, 2.45) is 7.05 Å². The summed E-state index contributed by atoms with van der Waals surface area (Å²) in [5.74, 6) is 0.202. The van der Waals surface area contributed by atoms with E-state index >= 15 is 0 Å². The van der Waals surface area contributed by atoms with E-state index in [4.69, 9.17) is 0 Å². The molecule has 1 atom stereocenters. The zero-order chi connectivity index (χ0) is 21.2. The summed E-state index contributed by atoms with van der Waals surface area (Å²) in [6.45, 7) is 4.83. The van der Waals surface area contributed by atoms with Crippen LogP contribution in [0.25, 0.3) is 0 Å². The third-order valence-corrected chi connectivity index (χ3v) is 6.50. The van der Waals surface area contributed by atoms with Gasteiger partial charge in [-0.1, -0.05) is 48.5 Å². The van der Waals surface area contributed by atoms with E-state index in [9.17, 15) is 4.79 Å². The maximum absolute atomic E-state index is 13.8. The Hall–Kier alpha value is -3.12. The molecule has 0 spiro atoms. The molecule has 160 valence electrons. The number of hydrogen-bond donors (Lipinski definition) is 0. The lowest BCUT2D eigenvalue weighted by Crippen LogP contribution is -2.53. The zero-order valence-electron chi connectivity index (χ0n) is 18.0. The lowest BCUT2D eigenvalue weighted by atomic mass is 9.99. The quantitative estimate of drug-likeness (QED) is 0.657. The highest BCUT2D eigenvalue weighted by Crippen LogP contribution is 2.32. The largest absolute Gasteiger partial charge is 0.368 e. The van der Waals surface area contributed by atoms with Crippen LogP contribution in [0.4, 0.5) is 5.69 Å². The minimum Gasteiger partial charge on any atom is -0.368 e. The molecule has 1 saturated heterocycles. The predicted molar refractivity (Wildman–Crippen MR) is 122 cm³/mol. The zero-order valence-corrected chi connectivity index (χ0v) is 18.0. The van der Waals surface area contributed by atoms with Gasteiger partial charge in [-0.05, 0) is 17.7 Å². The molecule has 0 N–H and O–H groups in total. The minimum absolute atomic E-state index is 0.202. The second-order valence-electron chi connectivity index (χ2n) is 8.44. The number of rotatable bonds is 4. The number of imidazole rings is 1. The van der Waals surface area contributed by atoms with Crippen LogP contribution in [0.5, 0.6) is 0 Å². The minimum atomic E-state index is -0.278. The SMILES string of the molecule is Cn1cnc2c1C(C(=O)N1CCN(c3ccccc3)CC1)N(Cc1ccccc1)CC2. The Morgan fingerprint density at radius 1 is 0.935 bits per heavy atom. The Kier molecular flexibility index (Phi) is 5.47. The molecule has 1 aromatic heterocycles. The summed E-state index contributed by atoms with van der Waals surface area (Å²) in [6.07, 6.45) is 2.73. The molecule has 3 heterocycles. The molecule has 0 radical (unpaired) electrons. The molecule has 0 saturated carbocycles. The monoisotopic (exact) mass is 415 g/mol. The number of carbonyl (C=O) groups is 1. The topological polar surface area (TPSA) is 44.6 Å². The standard InChI is InChI=1S/C25H29N5O/c1-27-19-26-22-12-13-30(18-20-8-4-2-5-9-20)24(23(22)27)25(31)29-16-14-28(15-17-29)21-10-6-3-7-11-21/h2-11,19,24H,12-18H2,1H3. The third kappa shape index (κ3) is 3.95. The molecule has 2 aromatic carbocycles. The second-order valence-corrected chi connectivity index (χ2v) is 8.44. The number of aryl methyl sites for hydroxylation is 1. The highest BCUT2D eigenvalue weighted by Gasteiger charge is 2.39. The molecule has 2 aliphatic heterocycles. The number of carbonyl (C=O) groups excluding carboxylic acids is 1. The Bertz CT molecular complexity index is 1020. The van der Waals surface area contributed by atoms with Gasteiger partial charge in [0.2, 0.25) is 5.91 Å². The fraction of sp³-hybridized carbons (Fsp3) is 0.360. The molecular formula is C25H29N5O. The van der Waals surface area contributed by atoms with Gasteiger partial charge in [-0.2, -0.15) is 0 Å². The van der Waals surface area contributed by atoms with Crippen molar-refractivity contribution < 1.29 is 4.79 Å². The first kappa shape index (κ1) is 19.8. The summed E-state index contributed by atoms with van der Waals surface area (Å²) >= 11 is 0. The van der Waals surface area contributed by atoms with Crippen LogP contribution in [0.15, 0.2) is 67.0 Å². The maximum Gasteiger partial charge on any atom is 0.246 e. The van der Waals surface area contributed by atoms with Crippen molar-refractivity contribution in [2.75, 3.05) is 37.6 Å². The smallest absolute Gasteiger partial charge is 0.246 e. The number of aromatic nitrogens is 2. The summed E-state index contributed by atoms with van der Waals surface area (Å²) in [5.41, 5.74) is 4.58. The average Bonchev–Trinajstić information content (AvgIpc) is 3.21. The van der Waals surface area contributed by atoms with Crippen LogP contribution in [0.1, 0.15) is 23.0 Å². The molecule has 6 heteroatoms. The first-order valence-electron chi connectivity index (χ1n) is 11.1. The van der Waals surface area contributed by atoms with E-state index in [1.54, 1.807) is 0 Å². The first-order chi connectivity index (χ1) is 15.2. The van der Waals surface area contributed by atoms with E-state index in [1.807, 2.05) is 35.0 Å². The van der Waals surface area contributed by atoms with Gasteiger partial charge < -0.3 is 14.4 Å². The number of para-hydroxylation sites is 1. The normalized spacial score (nSPS) is 19.3. The van der Waals surface area contributed by atoms with Crippen molar-refractivity contribution in [3.8, 4) is 0 Å². The van der Waals surface area contributed by atoms with Crippen LogP contribution in [-0.4, -0.2) is 58.0 Å². The van der Waals surface area contributed by atoms with Crippen LogP contribution in [0, 0.1) is 0 Å². The number of hydrogen-bond acceptors (Lipinski definition) is 4. The van der Waals surface area contributed by atoms with Crippen molar-refractivity contribution in [3.05, 3.63) is 83.9 Å². The molecule has 5 rings (SSSR count). The van der Waals surface area contributed by atoms with E-state index in [0.29, 0.717) is 0 Å². The molecular weight excluding hydrogens is 386 g/mol. The summed E-state index contributed by atoms with van der Waals surface area (Å²) < 4.78 is 2.04. The molecule has 1 fully saturated rings. The van der Waals surface area contributed by atoms with Gasteiger partial charge in [-0.3, -0.25) is 9.69 Å². The number of amides is 1. The summed E-state index contributed by atoms with van der Waals surface area (Å²) in [7, 11) is 2.01. The van der Waals surface area contributed by atoms with Crippen molar-refractivity contribution >= 4 is 11.6 Å². The average molecular weight is 416 g/mol. The first-order valence-corrected chi connectivity index (χ1v) is 11.1. The summed E-state index contributed by atoms with van der Waals surface area (Å²) in [4.78, 5) is 25.2. The van der Waals surface area contributed by atoms with E-state index in [2.05, 4.69) is 63.3 Å². The van der Waals surface area contributed by atoms with Crippen molar-refractivity contribution in [3.63, 3.8) is 0 Å². The molecule has 3 aromatic rings. The molecule has 2 aliphatic rings. The molecule has 1 unspecified atom stereocenters. The second kappa shape index (κ2) is 8.55. The van der Waals surface area contributed by atoms with Crippen molar-refractivity contribution in [2.45, 2.75) is 19.0 Å². The van der Waals surface area contributed by atoms with E-state index in [0.717, 1.165) is 57.1 Å². The van der Waals surface area contributed by atoms with Gasteiger partial charge in [-0.15, -0.1) is 0 Å². The Labute approximate surface area is 183 Å². The Balaban J connectivity index is 1.36. The van der Waals surface area contributed by atoms with Crippen LogP contribution in [0.2, 0.25) is 0 Å². The van der Waals surface area contributed by atoms with E-state index in [-0.39, 0.29) is 11.9 Å². The number of fused-ring (bicyclic) bond motifs is 1.